The molecule has 45 heavy (non-hydrogen) atoms. The lowest BCUT2D eigenvalue weighted by molar-refractivity contribution is 0.00578. The van der Waals surface area contributed by atoms with Crippen LogP contribution in [0.25, 0.3) is 56.2 Å². The van der Waals surface area contributed by atoms with E-state index >= 15 is 0 Å². The minimum Gasteiger partial charge on any atom is -0.399 e. The van der Waals surface area contributed by atoms with Gasteiger partial charge in [0.25, 0.3) is 0 Å². The van der Waals surface area contributed by atoms with E-state index in [2.05, 4.69) is 149 Å². The van der Waals surface area contributed by atoms with Crippen LogP contribution in [0.2, 0.25) is 0 Å². The van der Waals surface area contributed by atoms with E-state index < -0.39 is 18.3 Å². The Bertz CT molecular complexity index is 1850. The van der Waals surface area contributed by atoms with E-state index in [4.69, 9.17) is 19.3 Å². The summed E-state index contributed by atoms with van der Waals surface area (Å²) in [6, 6.07) is 48.2. The van der Waals surface area contributed by atoms with Crippen molar-refractivity contribution in [3.8, 4) is 56.2 Å². The molecule has 0 saturated carbocycles. The Morgan fingerprint density at radius 3 is 1.27 bits per heavy atom. The molecule has 0 bridgehead atoms. The molecule has 0 unspecified atom stereocenters. The van der Waals surface area contributed by atoms with E-state index in [9.17, 15) is 0 Å². The SMILES string of the molecule is CC1(C)OB(c2ccc(-c3nc(-c4ccccc4)c(-c4ccc(-c5ccccc5)cc4)c(-c4ccccc4)n3)cc2)OC1(C)C. The van der Waals surface area contributed by atoms with Crippen LogP contribution < -0.4 is 5.46 Å². The van der Waals surface area contributed by atoms with Gasteiger partial charge in [-0.25, -0.2) is 9.97 Å². The highest BCUT2D eigenvalue weighted by molar-refractivity contribution is 6.62. The first kappa shape index (κ1) is 28.9. The molecule has 1 saturated heterocycles. The second-order valence-electron chi connectivity index (χ2n) is 12.5. The molecule has 4 nitrogen and oxygen atoms in total. The van der Waals surface area contributed by atoms with Crippen molar-refractivity contribution in [1.29, 1.82) is 0 Å². The Hall–Kier alpha value is -4.84. The maximum atomic E-state index is 6.30. The second kappa shape index (κ2) is 11.6. The van der Waals surface area contributed by atoms with Gasteiger partial charge < -0.3 is 9.31 Å². The lowest BCUT2D eigenvalue weighted by Crippen LogP contribution is -2.41. The maximum Gasteiger partial charge on any atom is 0.494 e. The molecule has 5 aromatic carbocycles. The van der Waals surface area contributed by atoms with Crippen molar-refractivity contribution in [3.05, 3.63) is 140 Å². The molecule has 1 aromatic heterocycles. The van der Waals surface area contributed by atoms with Crippen LogP contribution in [-0.4, -0.2) is 28.3 Å². The predicted molar refractivity (Wildman–Crippen MR) is 185 cm³/mol. The van der Waals surface area contributed by atoms with Gasteiger partial charge in [0, 0.05) is 22.3 Å². The van der Waals surface area contributed by atoms with E-state index in [1.165, 1.54) is 11.1 Å². The topological polar surface area (TPSA) is 44.2 Å². The molecule has 5 heteroatoms. The van der Waals surface area contributed by atoms with E-state index in [0.29, 0.717) is 5.82 Å². The predicted octanol–water partition coefficient (Wildman–Crippen LogP) is 9.11. The number of hydrogen-bond donors (Lipinski definition) is 0. The molecule has 7 rings (SSSR count). The Kier molecular flexibility index (Phi) is 7.44. The highest BCUT2D eigenvalue weighted by atomic mass is 16.7. The summed E-state index contributed by atoms with van der Waals surface area (Å²) in [5, 5.41) is 0. The molecule has 0 spiro atoms. The zero-order valence-corrected chi connectivity index (χ0v) is 26.1. The van der Waals surface area contributed by atoms with Crippen molar-refractivity contribution >= 4 is 12.6 Å². The second-order valence-corrected chi connectivity index (χ2v) is 12.5. The quantitative estimate of drug-likeness (QED) is 0.183. The molecule has 6 aromatic rings. The molecule has 0 aliphatic carbocycles. The third-order valence-corrected chi connectivity index (χ3v) is 8.98. The molecule has 220 valence electrons. The van der Waals surface area contributed by atoms with Crippen LogP contribution in [0.3, 0.4) is 0 Å². The Balaban J connectivity index is 1.36. The Morgan fingerprint density at radius 2 is 0.800 bits per heavy atom. The first-order valence-corrected chi connectivity index (χ1v) is 15.4. The largest absolute Gasteiger partial charge is 0.494 e. The van der Waals surface area contributed by atoms with Crippen LogP contribution >= 0.6 is 0 Å². The minimum absolute atomic E-state index is 0.399. The van der Waals surface area contributed by atoms with Gasteiger partial charge in [-0.1, -0.05) is 140 Å². The number of benzene rings is 5. The highest BCUT2D eigenvalue weighted by Crippen LogP contribution is 2.40. The molecule has 0 radical (unpaired) electrons. The molecule has 2 heterocycles. The summed E-state index contributed by atoms with van der Waals surface area (Å²) < 4.78 is 12.6. The van der Waals surface area contributed by atoms with Crippen LogP contribution in [-0.2, 0) is 9.31 Å². The van der Waals surface area contributed by atoms with Gasteiger partial charge in [0.2, 0.25) is 0 Å². The van der Waals surface area contributed by atoms with Crippen LogP contribution in [0.5, 0.6) is 0 Å². The third kappa shape index (κ3) is 5.61. The Labute approximate surface area is 265 Å². The average Bonchev–Trinajstić information content (AvgIpc) is 3.31. The van der Waals surface area contributed by atoms with Gasteiger partial charge in [0.05, 0.1) is 22.6 Å². The Morgan fingerprint density at radius 1 is 0.422 bits per heavy atom. The normalized spacial score (nSPS) is 15.2. The van der Waals surface area contributed by atoms with Crippen molar-refractivity contribution in [1.82, 2.24) is 9.97 Å². The summed E-state index contributed by atoms with van der Waals surface area (Å²) in [6.07, 6.45) is 0. The van der Waals surface area contributed by atoms with Gasteiger partial charge in [-0.05, 0) is 49.8 Å². The lowest BCUT2D eigenvalue weighted by atomic mass is 9.79. The molecule has 1 aliphatic rings. The molecule has 1 aliphatic heterocycles. The van der Waals surface area contributed by atoms with E-state index in [1.54, 1.807) is 0 Å². The maximum absolute atomic E-state index is 6.30. The first-order valence-electron chi connectivity index (χ1n) is 15.4. The van der Waals surface area contributed by atoms with E-state index in [-0.39, 0.29) is 0 Å². The van der Waals surface area contributed by atoms with Crippen molar-refractivity contribution < 1.29 is 9.31 Å². The van der Waals surface area contributed by atoms with Gasteiger partial charge in [-0.3, -0.25) is 0 Å². The molecule has 1 fully saturated rings. The fourth-order valence-electron chi connectivity index (χ4n) is 5.70. The summed E-state index contributed by atoms with van der Waals surface area (Å²) in [5.74, 6) is 0.665. The summed E-state index contributed by atoms with van der Waals surface area (Å²) in [5.41, 5.74) is 9.38. The lowest BCUT2D eigenvalue weighted by Gasteiger charge is -2.32. The van der Waals surface area contributed by atoms with Crippen molar-refractivity contribution in [2.45, 2.75) is 38.9 Å². The smallest absolute Gasteiger partial charge is 0.399 e. The van der Waals surface area contributed by atoms with Crippen LogP contribution in [0.4, 0.5) is 0 Å². The van der Waals surface area contributed by atoms with Crippen LogP contribution in [0.1, 0.15) is 27.7 Å². The number of hydrogen-bond acceptors (Lipinski definition) is 4. The minimum atomic E-state index is -0.425. The van der Waals surface area contributed by atoms with Gasteiger partial charge >= 0.3 is 7.12 Å². The zero-order chi connectivity index (χ0) is 31.0. The van der Waals surface area contributed by atoms with Gasteiger partial charge in [0.15, 0.2) is 5.82 Å². The fraction of sp³-hybridized carbons (Fsp3) is 0.150. The highest BCUT2D eigenvalue weighted by Gasteiger charge is 2.51. The van der Waals surface area contributed by atoms with Crippen LogP contribution in [0.15, 0.2) is 140 Å². The van der Waals surface area contributed by atoms with Crippen molar-refractivity contribution in [2.75, 3.05) is 0 Å². The first-order chi connectivity index (χ1) is 21.8. The van der Waals surface area contributed by atoms with Crippen molar-refractivity contribution in [3.63, 3.8) is 0 Å². The summed E-state index contributed by atoms with van der Waals surface area (Å²) in [4.78, 5) is 10.5. The fourth-order valence-corrected chi connectivity index (χ4v) is 5.70. The van der Waals surface area contributed by atoms with Gasteiger partial charge in [0.1, 0.15) is 0 Å². The van der Waals surface area contributed by atoms with Crippen molar-refractivity contribution in [2.24, 2.45) is 0 Å². The van der Waals surface area contributed by atoms with Gasteiger partial charge in [-0.15, -0.1) is 0 Å². The number of rotatable bonds is 6. The monoisotopic (exact) mass is 586 g/mol. The van der Waals surface area contributed by atoms with Gasteiger partial charge in [-0.2, -0.15) is 0 Å². The molecule has 0 N–H and O–H groups in total. The third-order valence-electron chi connectivity index (χ3n) is 8.98. The van der Waals surface area contributed by atoms with Crippen LogP contribution in [0, 0.1) is 0 Å². The average molecular weight is 587 g/mol. The molecular formula is C40H35BN2O2. The molecule has 0 atom stereocenters. The summed E-state index contributed by atoms with van der Waals surface area (Å²) in [7, 11) is -0.425. The molecule has 0 amide bonds. The van der Waals surface area contributed by atoms with E-state index in [1.807, 2.05) is 18.2 Å². The van der Waals surface area contributed by atoms with E-state index in [0.717, 1.165) is 44.7 Å². The summed E-state index contributed by atoms with van der Waals surface area (Å²) in [6.45, 7) is 8.29. The standard InChI is InChI=1S/C40H35BN2O2/c1-39(2)40(3,4)45-41(44-39)34-26-24-33(25-27-34)38-42-36(31-16-10-6-11-17-31)35(37(43-38)32-18-12-7-13-19-32)30-22-20-29(21-23-30)28-14-8-5-9-15-28/h5-27H,1-4H3. The summed E-state index contributed by atoms with van der Waals surface area (Å²) >= 11 is 0. The zero-order valence-electron chi connectivity index (χ0n) is 26.1. The molecular weight excluding hydrogens is 551 g/mol. The number of aromatic nitrogens is 2. The number of nitrogens with zero attached hydrogens (tertiary/aromatic N) is 2.